The highest BCUT2D eigenvalue weighted by Crippen LogP contribution is 2.43. The van der Waals surface area contributed by atoms with Gasteiger partial charge >= 0.3 is 0 Å². The molecule has 3 heterocycles. The van der Waals surface area contributed by atoms with Gasteiger partial charge in [-0.05, 0) is 71.8 Å². The summed E-state index contributed by atoms with van der Waals surface area (Å²) in [6.45, 7) is 0. The summed E-state index contributed by atoms with van der Waals surface area (Å²) in [5.74, 6) is -0.812. The molecule has 1 aliphatic rings. The quantitative estimate of drug-likeness (QED) is 0.177. The van der Waals surface area contributed by atoms with E-state index in [1.54, 1.807) is 42.5 Å². The third kappa shape index (κ3) is 4.09. The van der Waals surface area contributed by atoms with Gasteiger partial charge in [-0.3, -0.25) is 9.59 Å². The van der Waals surface area contributed by atoms with Gasteiger partial charge in [0.05, 0.1) is 50.1 Å². The summed E-state index contributed by atoms with van der Waals surface area (Å²) in [6.07, 6.45) is 0. The van der Waals surface area contributed by atoms with Crippen molar-refractivity contribution in [1.82, 2.24) is 9.13 Å². The molecule has 0 aliphatic carbocycles. The zero-order valence-electron chi connectivity index (χ0n) is 27.1. The highest BCUT2D eigenvalue weighted by atomic mass is 16.2. The number of carbonyl (C=O) groups excluding carboxylic acids is 2. The van der Waals surface area contributed by atoms with Crippen LogP contribution in [0.5, 0.6) is 0 Å². The van der Waals surface area contributed by atoms with Gasteiger partial charge < -0.3 is 9.13 Å². The summed E-state index contributed by atoms with van der Waals surface area (Å²) < 4.78 is 4.35. The molecule has 2 aromatic heterocycles. The monoisotopic (exact) mass is 654 g/mol. The molecule has 0 N–H and O–H groups in total. The Hall–Kier alpha value is -7.23. The predicted molar refractivity (Wildman–Crippen MR) is 203 cm³/mol. The van der Waals surface area contributed by atoms with Crippen molar-refractivity contribution in [2.24, 2.45) is 0 Å². The average Bonchev–Trinajstić information content (AvgIpc) is 3.78. The Kier molecular flexibility index (Phi) is 6.14. The minimum Gasteiger partial charge on any atom is -0.309 e. The fourth-order valence-corrected chi connectivity index (χ4v) is 7.83. The Morgan fingerprint density at radius 2 is 0.980 bits per heavy atom. The highest BCUT2D eigenvalue weighted by Gasteiger charge is 2.38. The molecule has 238 valence electrons. The molecule has 0 unspecified atom stereocenters. The second kappa shape index (κ2) is 10.9. The summed E-state index contributed by atoms with van der Waals surface area (Å²) in [7, 11) is 0. The summed E-state index contributed by atoms with van der Waals surface area (Å²) in [4.78, 5) is 28.9. The Balaban J connectivity index is 1.26. The molecule has 0 spiro atoms. The van der Waals surface area contributed by atoms with Crippen LogP contribution in [0.2, 0.25) is 0 Å². The molecule has 2 amide bonds. The van der Waals surface area contributed by atoms with E-state index in [1.807, 2.05) is 28.8 Å². The first-order chi connectivity index (χ1) is 25.1. The lowest BCUT2D eigenvalue weighted by Crippen LogP contribution is -2.30. The number of fused-ring (bicyclic) bond motifs is 7. The van der Waals surface area contributed by atoms with Crippen molar-refractivity contribution in [3.05, 3.63) is 174 Å². The predicted octanol–water partition coefficient (Wildman–Crippen LogP) is 10.2. The number of rotatable bonds is 4. The van der Waals surface area contributed by atoms with E-state index in [0.29, 0.717) is 28.1 Å². The van der Waals surface area contributed by atoms with Crippen LogP contribution in [0.1, 0.15) is 26.3 Å². The van der Waals surface area contributed by atoms with E-state index in [9.17, 15) is 14.9 Å². The van der Waals surface area contributed by atoms with Crippen LogP contribution in [0.4, 0.5) is 5.69 Å². The highest BCUT2D eigenvalue weighted by molar-refractivity contribution is 6.35. The molecule has 0 saturated carbocycles. The van der Waals surface area contributed by atoms with Gasteiger partial charge in [0, 0.05) is 27.2 Å². The number of hydrogen-bond acceptors (Lipinski definition) is 3. The number of benzene rings is 7. The van der Waals surface area contributed by atoms with Gasteiger partial charge in [0.25, 0.3) is 11.8 Å². The third-order valence-electron chi connectivity index (χ3n) is 10.1. The molecule has 10 rings (SSSR count). The molecular weight excluding hydrogens is 629 g/mol. The van der Waals surface area contributed by atoms with Crippen molar-refractivity contribution < 1.29 is 9.59 Å². The number of carbonyl (C=O) groups is 2. The number of anilines is 1. The van der Waals surface area contributed by atoms with Crippen molar-refractivity contribution in [3.63, 3.8) is 0 Å². The van der Waals surface area contributed by atoms with Crippen molar-refractivity contribution in [2.75, 3.05) is 4.90 Å². The van der Waals surface area contributed by atoms with Crippen molar-refractivity contribution >= 4 is 61.1 Å². The van der Waals surface area contributed by atoms with E-state index in [-0.39, 0.29) is 0 Å². The number of nitriles is 1. The molecule has 6 heteroatoms. The molecule has 51 heavy (non-hydrogen) atoms. The summed E-state index contributed by atoms with van der Waals surface area (Å²) in [6, 6.07) is 54.3. The molecule has 0 saturated heterocycles. The molecule has 0 atom stereocenters. The Morgan fingerprint density at radius 1 is 0.451 bits per heavy atom. The van der Waals surface area contributed by atoms with Gasteiger partial charge in [-0.1, -0.05) is 97.1 Å². The molecular formula is C45H26N4O2. The lowest BCUT2D eigenvalue weighted by Gasteiger charge is -2.21. The average molecular weight is 655 g/mol. The number of para-hydroxylation sites is 3. The Morgan fingerprint density at radius 3 is 1.61 bits per heavy atom. The van der Waals surface area contributed by atoms with Gasteiger partial charge in [0.15, 0.2) is 0 Å². The van der Waals surface area contributed by atoms with E-state index in [1.165, 1.54) is 10.5 Å². The van der Waals surface area contributed by atoms with Crippen LogP contribution in [0, 0.1) is 11.3 Å². The zero-order chi connectivity index (χ0) is 34.2. The number of nitrogens with zero attached hydrogens (tertiary/aromatic N) is 4. The minimum absolute atomic E-state index is 0.351. The molecule has 0 bridgehead atoms. The first-order valence-corrected chi connectivity index (χ1v) is 16.8. The maximum Gasteiger partial charge on any atom is 0.266 e. The maximum absolute atomic E-state index is 13.8. The number of hydrogen-bond donors (Lipinski definition) is 0. The van der Waals surface area contributed by atoms with Crippen LogP contribution in [0.25, 0.3) is 66.1 Å². The second-order valence-corrected chi connectivity index (χ2v) is 12.8. The van der Waals surface area contributed by atoms with Gasteiger partial charge in [-0.25, -0.2) is 4.90 Å². The molecule has 7 aromatic carbocycles. The van der Waals surface area contributed by atoms with Crippen molar-refractivity contribution in [2.45, 2.75) is 0 Å². The Labute approximate surface area is 292 Å². The lowest BCUT2D eigenvalue weighted by molar-refractivity contribution is 0.0926. The number of imide groups is 1. The number of aromatic nitrogens is 2. The molecule has 0 radical (unpaired) electrons. The first-order valence-electron chi connectivity index (χ1n) is 16.8. The van der Waals surface area contributed by atoms with E-state index < -0.39 is 11.8 Å². The fraction of sp³-hybridized carbons (Fsp3) is 0. The first kappa shape index (κ1) is 28.8. The van der Waals surface area contributed by atoms with E-state index in [2.05, 4.69) is 102 Å². The van der Waals surface area contributed by atoms with Gasteiger partial charge in [0.1, 0.15) is 6.07 Å². The summed E-state index contributed by atoms with van der Waals surface area (Å²) >= 11 is 0. The van der Waals surface area contributed by atoms with E-state index in [4.69, 9.17) is 0 Å². The van der Waals surface area contributed by atoms with Crippen LogP contribution in [-0.2, 0) is 0 Å². The van der Waals surface area contributed by atoms with Crippen LogP contribution < -0.4 is 4.90 Å². The van der Waals surface area contributed by atoms with Crippen molar-refractivity contribution in [3.8, 4) is 28.6 Å². The fourth-order valence-electron chi connectivity index (χ4n) is 7.83. The zero-order valence-corrected chi connectivity index (χ0v) is 27.1. The van der Waals surface area contributed by atoms with Crippen LogP contribution in [-0.4, -0.2) is 20.9 Å². The SMILES string of the molecule is N#Cc1cccc(N2C(=O)c3ccccc3C2=O)c1-n1c2ccccc2c2cc3c(cc21)c1ccccc1n3-c1ccc(-c2ccccc2)cc1. The molecule has 6 nitrogen and oxygen atoms in total. The number of amides is 2. The van der Waals surface area contributed by atoms with Gasteiger partial charge in [-0.2, -0.15) is 5.26 Å². The smallest absolute Gasteiger partial charge is 0.266 e. The van der Waals surface area contributed by atoms with Crippen molar-refractivity contribution in [1.29, 1.82) is 5.26 Å². The Bertz CT molecular complexity index is 2930. The molecule has 1 aliphatic heterocycles. The third-order valence-corrected chi connectivity index (χ3v) is 10.1. The van der Waals surface area contributed by atoms with E-state index in [0.717, 1.165) is 54.9 Å². The van der Waals surface area contributed by atoms with E-state index >= 15 is 0 Å². The normalized spacial score (nSPS) is 12.7. The standard InChI is InChI=1S/C45H26N4O2/c46-27-30-13-10-20-40(49-44(50)34-16-4-5-17-35(34)45(49)51)43(30)48-39-19-9-7-15-33(39)37-25-41-36(26-42(37)48)32-14-6-8-18-38(32)47(41)31-23-21-29(22-24-31)28-11-2-1-3-12-28/h1-26H. The van der Waals surface area contributed by atoms with Gasteiger partial charge in [-0.15, -0.1) is 0 Å². The largest absolute Gasteiger partial charge is 0.309 e. The summed E-state index contributed by atoms with van der Waals surface area (Å²) in [5, 5.41) is 14.6. The van der Waals surface area contributed by atoms with Crippen LogP contribution in [0.3, 0.4) is 0 Å². The second-order valence-electron chi connectivity index (χ2n) is 12.8. The lowest BCUT2D eigenvalue weighted by atomic mass is 10.1. The van der Waals surface area contributed by atoms with Crippen LogP contribution in [0.15, 0.2) is 158 Å². The minimum atomic E-state index is -0.406. The maximum atomic E-state index is 13.8. The summed E-state index contributed by atoms with van der Waals surface area (Å²) in [5.41, 5.74) is 9.13. The van der Waals surface area contributed by atoms with Crippen LogP contribution >= 0.6 is 0 Å². The molecule has 0 fully saturated rings. The van der Waals surface area contributed by atoms with Gasteiger partial charge in [0.2, 0.25) is 0 Å². The topological polar surface area (TPSA) is 71.0 Å². The molecule has 9 aromatic rings.